The quantitative estimate of drug-likeness (QED) is 0.870. The van der Waals surface area contributed by atoms with E-state index in [1.807, 2.05) is 0 Å². The first-order chi connectivity index (χ1) is 11.4. The number of carbonyl (C=O) groups excluding carboxylic acids is 2. The predicted octanol–water partition coefficient (Wildman–Crippen LogP) is 3.16. The van der Waals surface area contributed by atoms with Gasteiger partial charge in [-0.1, -0.05) is 17.7 Å². The maximum Gasteiger partial charge on any atom is 0.251 e. The first kappa shape index (κ1) is 17.7. The van der Waals surface area contributed by atoms with E-state index in [0.29, 0.717) is 16.5 Å². The summed E-state index contributed by atoms with van der Waals surface area (Å²) < 4.78 is 18.2. The molecule has 7 heteroatoms. The summed E-state index contributed by atoms with van der Waals surface area (Å²) in [5.41, 5.74) is 1.36. The molecule has 2 amide bonds. The summed E-state index contributed by atoms with van der Waals surface area (Å²) in [6.45, 7) is 1.53. The highest BCUT2D eigenvalue weighted by Gasteiger charge is 2.12. The Bertz CT molecular complexity index is 780. The molecule has 0 bridgehead atoms. The lowest BCUT2D eigenvalue weighted by molar-refractivity contribution is -0.115. The molecular formula is C17H16ClFN2O3. The maximum absolute atomic E-state index is 13.1. The summed E-state index contributed by atoms with van der Waals surface area (Å²) in [5, 5.41) is 5.58. The molecule has 24 heavy (non-hydrogen) atoms. The molecule has 2 aromatic carbocycles. The number of nitrogens with one attached hydrogen (secondary N) is 2. The molecule has 0 aliphatic carbocycles. The molecule has 0 aliphatic rings. The normalized spacial score (nSPS) is 10.2. The number of hydrogen-bond donors (Lipinski definition) is 2. The molecule has 0 saturated carbocycles. The van der Waals surface area contributed by atoms with E-state index < -0.39 is 17.6 Å². The molecule has 0 unspecified atom stereocenters. The lowest BCUT2D eigenvalue weighted by Crippen LogP contribution is -2.33. The molecular weight excluding hydrogens is 335 g/mol. The van der Waals surface area contributed by atoms with Crippen LogP contribution in [0.5, 0.6) is 5.75 Å². The van der Waals surface area contributed by atoms with Crippen molar-refractivity contribution in [3.05, 3.63) is 58.4 Å². The minimum atomic E-state index is -0.538. The van der Waals surface area contributed by atoms with Crippen molar-refractivity contribution >= 4 is 29.1 Å². The van der Waals surface area contributed by atoms with E-state index in [1.54, 1.807) is 19.1 Å². The number of aryl methyl sites for hydroxylation is 1. The maximum atomic E-state index is 13.1. The highest BCUT2D eigenvalue weighted by atomic mass is 35.5. The number of anilines is 1. The highest BCUT2D eigenvalue weighted by Crippen LogP contribution is 2.30. The van der Waals surface area contributed by atoms with Crippen LogP contribution in [0, 0.1) is 12.7 Å². The average Bonchev–Trinajstić information content (AvgIpc) is 2.55. The van der Waals surface area contributed by atoms with Gasteiger partial charge >= 0.3 is 0 Å². The van der Waals surface area contributed by atoms with Crippen LogP contribution in [0.1, 0.15) is 15.9 Å². The monoisotopic (exact) mass is 350 g/mol. The Balaban J connectivity index is 1.99. The summed E-state index contributed by atoms with van der Waals surface area (Å²) in [5.74, 6) is -1.09. The Morgan fingerprint density at radius 3 is 2.67 bits per heavy atom. The third kappa shape index (κ3) is 4.45. The van der Waals surface area contributed by atoms with Crippen molar-refractivity contribution in [3.8, 4) is 5.75 Å². The van der Waals surface area contributed by atoms with E-state index in [2.05, 4.69) is 10.6 Å². The fourth-order valence-electron chi connectivity index (χ4n) is 2.02. The molecule has 2 rings (SSSR count). The van der Waals surface area contributed by atoms with Gasteiger partial charge in [-0.25, -0.2) is 4.39 Å². The SMILES string of the molecule is COc1cc(Cl)c(C)cc1NC(=O)CNC(=O)c1cccc(F)c1. The van der Waals surface area contributed by atoms with Gasteiger partial charge in [-0.15, -0.1) is 0 Å². The zero-order chi connectivity index (χ0) is 17.7. The van der Waals surface area contributed by atoms with Crippen molar-refractivity contribution in [2.45, 2.75) is 6.92 Å². The Labute approximate surface area is 143 Å². The molecule has 0 radical (unpaired) electrons. The van der Waals surface area contributed by atoms with E-state index in [9.17, 15) is 14.0 Å². The number of carbonyl (C=O) groups is 2. The third-order valence-corrected chi connectivity index (χ3v) is 3.66. The van der Waals surface area contributed by atoms with E-state index in [1.165, 1.54) is 25.3 Å². The molecule has 2 N–H and O–H groups in total. The van der Waals surface area contributed by atoms with Gasteiger partial charge in [0.25, 0.3) is 5.91 Å². The second kappa shape index (κ2) is 7.79. The molecule has 0 aliphatic heterocycles. The molecule has 5 nitrogen and oxygen atoms in total. The number of halogens is 2. The van der Waals surface area contributed by atoms with Crippen LogP contribution in [0.25, 0.3) is 0 Å². The number of ether oxygens (including phenoxy) is 1. The van der Waals surface area contributed by atoms with Crippen LogP contribution in [0.4, 0.5) is 10.1 Å². The molecule has 126 valence electrons. The van der Waals surface area contributed by atoms with Crippen molar-refractivity contribution in [2.24, 2.45) is 0 Å². The molecule has 0 aromatic heterocycles. The molecule has 0 atom stereocenters. The van der Waals surface area contributed by atoms with E-state index in [-0.39, 0.29) is 12.1 Å². The highest BCUT2D eigenvalue weighted by molar-refractivity contribution is 6.31. The van der Waals surface area contributed by atoms with Gasteiger partial charge in [-0.05, 0) is 36.8 Å². The van der Waals surface area contributed by atoms with Gasteiger partial charge in [-0.2, -0.15) is 0 Å². The Morgan fingerprint density at radius 2 is 2.00 bits per heavy atom. The summed E-state index contributed by atoms with van der Waals surface area (Å²) in [6, 6.07) is 8.48. The number of rotatable bonds is 5. The van der Waals surface area contributed by atoms with E-state index in [0.717, 1.165) is 11.6 Å². The van der Waals surface area contributed by atoms with Crippen LogP contribution in [-0.2, 0) is 4.79 Å². The van der Waals surface area contributed by atoms with Crippen molar-refractivity contribution in [2.75, 3.05) is 19.0 Å². The summed E-state index contributed by atoms with van der Waals surface area (Å²) in [7, 11) is 1.46. The number of amides is 2. The molecule has 2 aromatic rings. The lowest BCUT2D eigenvalue weighted by Gasteiger charge is -2.12. The molecule has 0 fully saturated rings. The lowest BCUT2D eigenvalue weighted by atomic mass is 10.2. The van der Waals surface area contributed by atoms with E-state index >= 15 is 0 Å². The zero-order valence-electron chi connectivity index (χ0n) is 13.2. The van der Waals surface area contributed by atoms with Gasteiger partial charge < -0.3 is 15.4 Å². The Hall–Kier alpha value is -2.60. The van der Waals surface area contributed by atoms with Crippen molar-refractivity contribution in [1.82, 2.24) is 5.32 Å². The first-order valence-corrected chi connectivity index (χ1v) is 7.46. The average molecular weight is 351 g/mol. The van der Waals surface area contributed by atoms with Crippen LogP contribution in [-0.4, -0.2) is 25.5 Å². The number of hydrogen-bond acceptors (Lipinski definition) is 3. The minimum Gasteiger partial charge on any atom is -0.495 e. The summed E-state index contributed by atoms with van der Waals surface area (Å²) in [4.78, 5) is 23.9. The number of methoxy groups -OCH3 is 1. The van der Waals surface area contributed by atoms with Gasteiger partial charge in [-0.3, -0.25) is 9.59 Å². The summed E-state index contributed by atoms with van der Waals surface area (Å²) in [6.07, 6.45) is 0. The van der Waals surface area contributed by atoms with Crippen molar-refractivity contribution in [3.63, 3.8) is 0 Å². The Morgan fingerprint density at radius 1 is 1.25 bits per heavy atom. The fourth-order valence-corrected chi connectivity index (χ4v) is 2.17. The van der Waals surface area contributed by atoms with Gasteiger partial charge in [0.2, 0.25) is 5.91 Å². The topological polar surface area (TPSA) is 67.4 Å². The van der Waals surface area contributed by atoms with Gasteiger partial charge in [0.1, 0.15) is 11.6 Å². The molecule has 0 saturated heterocycles. The van der Waals surface area contributed by atoms with Crippen LogP contribution >= 0.6 is 11.6 Å². The summed E-state index contributed by atoms with van der Waals surface area (Å²) >= 11 is 6.00. The smallest absolute Gasteiger partial charge is 0.251 e. The predicted molar refractivity (Wildman–Crippen MR) is 90.1 cm³/mol. The van der Waals surface area contributed by atoms with E-state index in [4.69, 9.17) is 16.3 Å². The second-order valence-electron chi connectivity index (χ2n) is 5.04. The second-order valence-corrected chi connectivity index (χ2v) is 5.45. The zero-order valence-corrected chi connectivity index (χ0v) is 13.9. The minimum absolute atomic E-state index is 0.141. The van der Waals surface area contributed by atoms with Gasteiger partial charge in [0.05, 0.1) is 19.3 Å². The Kier molecular flexibility index (Phi) is 5.76. The largest absolute Gasteiger partial charge is 0.495 e. The molecule has 0 heterocycles. The molecule has 0 spiro atoms. The van der Waals surface area contributed by atoms with Gasteiger partial charge in [0, 0.05) is 16.7 Å². The fraction of sp³-hybridized carbons (Fsp3) is 0.176. The van der Waals surface area contributed by atoms with Crippen LogP contribution in [0.2, 0.25) is 5.02 Å². The number of benzene rings is 2. The van der Waals surface area contributed by atoms with Crippen molar-refractivity contribution in [1.29, 1.82) is 0 Å². The van der Waals surface area contributed by atoms with Crippen molar-refractivity contribution < 1.29 is 18.7 Å². The first-order valence-electron chi connectivity index (χ1n) is 7.08. The standard InChI is InChI=1S/C17H16ClFN2O3/c1-10-6-14(15(24-2)8-13(10)18)21-16(22)9-20-17(23)11-4-3-5-12(19)7-11/h3-8H,9H2,1-2H3,(H,20,23)(H,21,22). The van der Waals surface area contributed by atoms with Gasteiger partial charge in [0.15, 0.2) is 0 Å². The van der Waals surface area contributed by atoms with Crippen LogP contribution < -0.4 is 15.4 Å². The van der Waals surface area contributed by atoms with Crippen LogP contribution in [0.3, 0.4) is 0 Å². The van der Waals surface area contributed by atoms with Crippen LogP contribution in [0.15, 0.2) is 36.4 Å². The third-order valence-electron chi connectivity index (χ3n) is 3.25.